The molecule has 1 aliphatic heterocycles. The van der Waals surface area contributed by atoms with Crippen LogP contribution in [0.5, 0.6) is 5.88 Å². The molecule has 2 aromatic heterocycles. The van der Waals surface area contributed by atoms with E-state index < -0.39 is 10.3 Å². The third-order valence-electron chi connectivity index (χ3n) is 7.10. The zero-order valence-corrected chi connectivity index (χ0v) is 20.6. The van der Waals surface area contributed by atoms with Gasteiger partial charge in [-0.15, -0.1) is 0 Å². The van der Waals surface area contributed by atoms with E-state index in [0.717, 1.165) is 36.9 Å². The SMILES string of the molecule is NS(=O)(=O)OC[C@H]1CC[C@H](Oc2ncnc3nc(-c4ccc(N5CCCC5)c5ccccc45)[nH]c23)C1. The number of benzene rings is 2. The first kappa shape index (κ1) is 23.1. The summed E-state index contributed by atoms with van der Waals surface area (Å²) in [6.07, 6.45) is 6.01. The average Bonchev–Trinajstić information content (AvgIpc) is 3.63. The van der Waals surface area contributed by atoms with E-state index in [9.17, 15) is 8.42 Å². The first-order valence-electron chi connectivity index (χ1n) is 12.3. The Morgan fingerprint density at radius 2 is 1.86 bits per heavy atom. The van der Waals surface area contributed by atoms with Crippen LogP contribution >= 0.6 is 0 Å². The summed E-state index contributed by atoms with van der Waals surface area (Å²) in [5.74, 6) is 1.21. The number of imidazole rings is 1. The van der Waals surface area contributed by atoms with E-state index in [1.54, 1.807) is 0 Å². The molecule has 4 aromatic rings. The van der Waals surface area contributed by atoms with Gasteiger partial charge in [-0.25, -0.2) is 15.1 Å². The second-order valence-corrected chi connectivity index (χ2v) is 10.8. The van der Waals surface area contributed by atoms with Crippen molar-refractivity contribution in [3.63, 3.8) is 0 Å². The lowest BCUT2D eigenvalue weighted by molar-refractivity contribution is 0.186. The molecule has 0 radical (unpaired) electrons. The smallest absolute Gasteiger partial charge is 0.333 e. The van der Waals surface area contributed by atoms with Gasteiger partial charge in [-0.2, -0.15) is 13.4 Å². The fourth-order valence-electron chi connectivity index (χ4n) is 5.38. The maximum atomic E-state index is 11.1. The van der Waals surface area contributed by atoms with Gasteiger partial charge in [0.2, 0.25) is 5.88 Å². The van der Waals surface area contributed by atoms with Crippen LogP contribution in [0.15, 0.2) is 42.7 Å². The highest BCUT2D eigenvalue weighted by Crippen LogP contribution is 2.37. The predicted octanol–water partition coefficient (Wildman–Crippen LogP) is 3.54. The number of rotatable bonds is 7. The van der Waals surface area contributed by atoms with E-state index in [-0.39, 0.29) is 18.6 Å². The van der Waals surface area contributed by atoms with E-state index in [1.807, 2.05) is 6.07 Å². The molecule has 6 rings (SSSR count). The van der Waals surface area contributed by atoms with Gasteiger partial charge < -0.3 is 14.6 Å². The molecule has 2 atom stereocenters. The maximum Gasteiger partial charge on any atom is 0.333 e. The highest BCUT2D eigenvalue weighted by molar-refractivity contribution is 7.84. The first-order valence-corrected chi connectivity index (χ1v) is 13.7. The van der Waals surface area contributed by atoms with Crippen LogP contribution in [0.25, 0.3) is 33.3 Å². The van der Waals surface area contributed by atoms with Gasteiger partial charge in [0.15, 0.2) is 5.65 Å². The second kappa shape index (κ2) is 9.30. The van der Waals surface area contributed by atoms with Gasteiger partial charge in [0, 0.05) is 29.7 Å². The number of anilines is 1. The van der Waals surface area contributed by atoms with Crippen LogP contribution < -0.4 is 14.8 Å². The summed E-state index contributed by atoms with van der Waals surface area (Å²) in [6.45, 7) is 2.23. The summed E-state index contributed by atoms with van der Waals surface area (Å²) >= 11 is 0. The average molecular weight is 509 g/mol. The molecular weight excluding hydrogens is 480 g/mol. The van der Waals surface area contributed by atoms with Gasteiger partial charge in [0.1, 0.15) is 23.8 Å². The Balaban J connectivity index is 1.28. The van der Waals surface area contributed by atoms with E-state index in [0.29, 0.717) is 29.3 Å². The zero-order valence-electron chi connectivity index (χ0n) is 19.8. The highest BCUT2D eigenvalue weighted by Gasteiger charge is 2.29. The molecule has 36 heavy (non-hydrogen) atoms. The van der Waals surface area contributed by atoms with Gasteiger partial charge in [-0.1, -0.05) is 24.3 Å². The molecule has 1 saturated carbocycles. The minimum Gasteiger partial charge on any atom is -0.473 e. The molecule has 11 heteroatoms. The number of fused-ring (bicyclic) bond motifs is 2. The highest BCUT2D eigenvalue weighted by atomic mass is 32.2. The lowest BCUT2D eigenvalue weighted by atomic mass is 10.0. The second-order valence-electron chi connectivity index (χ2n) is 9.53. The van der Waals surface area contributed by atoms with Crippen LogP contribution in [0.2, 0.25) is 0 Å². The number of nitrogens with two attached hydrogens (primary N) is 1. The van der Waals surface area contributed by atoms with Gasteiger partial charge in [0.25, 0.3) is 0 Å². The number of hydrogen-bond donors (Lipinski definition) is 2. The van der Waals surface area contributed by atoms with Gasteiger partial charge in [0.05, 0.1) is 6.61 Å². The molecule has 1 aliphatic carbocycles. The Morgan fingerprint density at radius 1 is 1.06 bits per heavy atom. The number of H-pyrrole nitrogens is 1. The Hall–Kier alpha value is -3.28. The molecule has 3 N–H and O–H groups in total. The van der Waals surface area contributed by atoms with E-state index in [1.165, 1.54) is 30.2 Å². The van der Waals surface area contributed by atoms with Crippen LogP contribution in [-0.2, 0) is 14.5 Å². The predicted molar refractivity (Wildman–Crippen MR) is 137 cm³/mol. The Kier molecular flexibility index (Phi) is 5.98. The summed E-state index contributed by atoms with van der Waals surface area (Å²) in [5.41, 5.74) is 3.44. The molecule has 1 saturated heterocycles. The van der Waals surface area contributed by atoms with Crippen molar-refractivity contribution >= 4 is 37.9 Å². The number of ether oxygens (including phenoxy) is 1. The van der Waals surface area contributed by atoms with Gasteiger partial charge in [-0.05, 0) is 55.5 Å². The molecule has 0 amide bonds. The summed E-state index contributed by atoms with van der Waals surface area (Å²) in [5, 5.41) is 7.28. The summed E-state index contributed by atoms with van der Waals surface area (Å²) in [7, 11) is -3.94. The first-order chi connectivity index (χ1) is 17.4. The van der Waals surface area contributed by atoms with Gasteiger partial charge >= 0.3 is 10.3 Å². The largest absolute Gasteiger partial charge is 0.473 e. The van der Waals surface area contributed by atoms with E-state index >= 15 is 0 Å². The monoisotopic (exact) mass is 508 g/mol. The van der Waals surface area contributed by atoms with Crippen molar-refractivity contribution in [1.29, 1.82) is 0 Å². The number of aromatic amines is 1. The lowest BCUT2D eigenvalue weighted by Crippen LogP contribution is -2.20. The third-order valence-corrected chi connectivity index (χ3v) is 7.56. The van der Waals surface area contributed by atoms with Crippen LogP contribution in [0, 0.1) is 5.92 Å². The van der Waals surface area contributed by atoms with Crippen molar-refractivity contribution in [1.82, 2.24) is 19.9 Å². The molecule has 2 aliphatic rings. The van der Waals surface area contributed by atoms with E-state index in [4.69, 9.17) is 19.0 Å². The molecule has 0 bridgehead atoms. The van der Waals surface area contributed by atoms with Crippen LogP contribution in [0.4, 0.5) is 5.69 Å². The van der Waals surface area contributed by atoms with Crippen molar-refractivity contribution in [3.8, 4) is 17.3 Å². The van der Waals surface area contributed by atoms with Crippen molar-refractivity contribution in [3.05, 3.63) is 42.7 Å². The maximum absolute atomic E-state index is 11.1. The molecule has 2 fully saturated rings. The number of nitrogens with zero attached hydrogens (tertiary/aromatic N) is 4. The Bertz CT molecular complexity index is 1520. The van der Waals surface area contributed by atoms with E-state index in [2.05, 4.69) is 50.2 Å². The van der Waals surface area contributed by atoms with Crippen LogP contribution in [0.3, 0.4) is 0 Å². The topological polar surface area (TPSA) is 136 Å². The number of hydrogen-bond acceptors (Lipinski definition) is 8. The molecule has 10 nitrogen and oxygen atoms in total. The van der Waals surface area contributed by atoms with Crippen molar-refractivity contribution in [2.24, 2.45) is 11.1 Å². The Morgan fingerprint density at radius 3 is 2.67 bits per heavy atom. The minimum atomic E-state index is -3.94. The standard InChI is InChI=1S/C25H28N6O4S/c26-36(32,33)34-14-16-7-8-17(13-16)35-25-22-24(27-15-28-25)30-23(29-22)20-9-10-21(31-11-3-4-12-31)19-6-2-1-5-18(19)20/h1-2,5-6,9-10,15-17H,3-4,7-8,11-14H2,(H2,26,32,33)(H,27,28,29,30)/t16-,17-/m0/s1. The zero-order chi connectivity index (χ0) is 24.7. The molecule has 188 valence electrons. The van der Waals surface area contributed by atoms with Crippen LogP contribution in [-0.4, -0.2) is 54.2 Å². The third kappa shape index (κ3) is 4.61. The molecule has 2 aromatic carbocycles. The summed E-state index contributed by atoms with van der Waals surface area (Å²) < 4.78 is 33.1. The Labute approximate surface area is 209 Å². The quantitative estimate of drug-likeness (QED) is 0.387. The van der Waals surface area contributed by atoms with Crippen molar-refractivity contribution in [2.45, 2.75) is 38.2 Å². The lowest BCUT2D eigenvalue weighted by Gasteiger charge is -2.20. The summed E-state index contributed by atoms with van der Waals surface area (Å²) in [4.78, 5) is 19.3. The number of nitrogens with one attached hydrogen (secondary N) is 1. The minimum absolute atomic E-state index is 0.0588. The van der Waals surface area contributed by atoms with Crippen LogP contribution in [0.1, 0.15) is 32.1 Å². The summed E-state index contributed by atoms with van der Waals surface area (Å²) in [6, 6.07) is 12.7. The van der Waals surface area contributed by atoms with Gasteiger partial charge in [-0.3, -0.25) is 4.18 Å². The molecule has 0 spiro atoms. The normalized spacial score (nSPS) is 20.5. The molecular formula is C25H28N6O4S. The van der Waals surface area contributed by atoms with Crippen molar-refractivity contribution in [2.75, 3.05) is 24.6 Å². The molecule has 0 unspecified atom stereocenters. The molecule has 3 heterocycles. The fraction of sp³-hybridized carbons (Fsp3) is 0.400. The number of aromatic nitrogens is 4. The fourth-order valence-corrected chi connectivity index (χ4v) is 5.77. The van der Waals surface area contributed by atoms with Crippen molar-refractivity contribution < 1.29 is 17.3 Å².